The number of carbonyl (C=O) groups excluding carboxylic acids is 4. The standard InChI is InChI=1S/C39H57N3O8/c1-5-6-7-8-9-10-11-12-13-14-15-16-20-23-34(43)40-31-24-30(37(46)47)25-32(26-31)41-36(45)33(42-38(48)50-39(2,3)4)27-35(44)49-28-29-21-18-17-19-22-29/h17-19,21-22,24-26,33H,5-16,20,23,27-28H2,1-4H3,(H,40,43)(H,41,45)(H,42,48)(H,46,47)/t33-/m0/s1. The number of nitrogens with one attached hydrogen (secondary N) is 3. The molecule has 2 aromatic carbocycles. The van der Waals surface area contributed by atoms with Gasteiger partial charge in [0.05, 0.1) is 12.0 Å². The van der Waals surface area contributed by atoms with Crippen molar-refractivity contribution < 1.29 is 38.6 Å². The highest BCUT2D eigenvalue weighted by Gasteiger charge is 2.28. The first-order valence-corrected chi connectivity index (χ1v) is 18.0. The predicted octanol–water partition coefficient (Wildman–Crippen LogP) is 8.77. The zero-order valence-corrected chi connectivity index (χ0v) is 30.3. The van der Waals surface area contributed by atoms with E-state index in [1.165, 1.54) is 76.0 Å². The number of aromatic carboxylic acids is 1. The fourth-order valence-corrected chi connectivity index (χ4v) is 5.27. The van der Waals surface area contributed by atoms with E-state index in [0.29, 0.717) is 6.42 Å². The van der Waals surface area contributed by atoms with Crippen molar-refractivity contribution in [2.45, 2.75) is 142 Å². The maximum atomic E-state index is 13.4. The van der Waals surface area contributed by atoms with Crippen LogP contribution in [0, 0.1) is 0 Å². The molecule has 0 radical (unpaired) electrons. The van der Waals surface area contributed by atoms with Gasteiger partial charge in [-0.3, -0.25) is 14.4 Å². The van der Waals surface area contributed by atoms with E-state index in [-0.39, 0.29) is 35.9 Å². The monoisotopic (exact) mass is 695 g/mol. The third kappa shape index (κ3) is 19.0. The summed E-state index contributed by atoms with van der Waals surface area (Å²) in [7, 11) is 0. The number of alkyl carbamates (subject to hydrolysis) is 1. The normalized spacial score (nSPS) is 11.7. The molecule has 0 spiro atoms. The molecule has 0 heterocycles. The van der Waals surface area contributed by atoms with Crippen LogP contribution in [0.4, 0.5) is 16.2 Å². The van der Waals surface area contributed by atoms with Crippen LogP contribution in [0.1, 0.15) is 140 Å². The second kappa shape index (κ2) is 23.1. The van der Waals surface area contributed by atoms with E-state index < -0.39 is 42.0 Å². The number of ether oxygens (including phenoxy) is 2. The van der Waals surface area contributed by atoms with Gasteiger partial charge in [-0.25, -0.2) is 9.59 Å². The molecule has 2 aromatic rings. The smallest absolute Gasteiger partial charge is 0.408 e. The number of rotatable bonds is 23. The number of hydrogen-bond donors (Lipinski definition) is 4. The third-order valence-corrected chi connectivity index (χ3v) is 7.86. The Morgan fingerprint density at radius 2 is 1.28 bits per heavy atom. The Bertz CT molecular complexity index is 1360. The highest BCUT2D eigenvalue weighted by atomic mass is 16.6. The van der Waals surface area contributed by atoms with Crippen molar-refractivity contribution >= 4 is 41.2 Å². The fraction of sp³-hybridized carbons (Fsp3) is 0.564. The van der Waals surface area contributed by atoms with Crippen molar-refractivity contribution in [3.63, 3.8) is 0 Å². The predicted molar refractivity (Wildman–Crippen MR) is 195 cm³/mol. The summed E-state index contributed by atoms with van der Waals surface area (Å²) in [4.78, 5) is 63.2. The van der Waals surface area contributed by atoms with Crippen LogP contribution in [0.5, 0.6) is 0 Å². The average molecular weight is 696 g/mol. The van der Waals surface area contributed by atoms with E-state index in [2.05, 4.69) is 22.9 Å². The van der Waals surface area contributed by atoms with Crippen molar-refractivity contribution in [3.8, 4) is 0 Å². The van der Waals surface area contributed by atoms with Gasteiger partial charge in [-0.15, -0.1) is 0 Å². The molecule has 2 rings (SSSR count). The number of anilines is 2. The lowest BCUT2D eigenvalue weighted by Gasteiger charge is -2.23. The highest BCUT2D eigenvalue weighted by molar-refractivity contribution is 6.01. The van der Waals surface area contributed by atoms with Crippen LogP contribution in [0.3, 0.4) is 0 Å². The molecule has 0 unspecified atom stereocenters. The van der Waals surface area contributed by atoms with Gasteiger partial charge < -0.3 is 30.5 Å². The molecule has 0 bridgehead atoms. The maximum absolute atomic E-state index is 13.4. The van der Waals surface area contributed by atoms with Gasteiger partial charge in [0.1, 0.15) is 18.2 Å². The van der Waals surface area contributed by atoms with Gasteiger partial charge in [0.25, 0.3) is 0 Å². The number of carbonyl (C=O) groups is 5. The number of amides is 3. The van der Waals surface area contributed by atoms with E-state index >= 15 is 0 Å². The molecule has 0 aliphatic heterocycles. The summed E-state index contributed by atoms with van der Waals surface area (Å²) >= 11 is 0. The average Bonchev–Trinajstić information content (AvgIpc) is 3.05. The summed E-state index contributed by atoms with van der Waals surface area (Å²) in [5.41, 5.74) is -0.0397. The molecule has 0 aromatic heterocycles. The van der Waals surface area contributed by atoms with E-state index in [0.717, 1.165) is 24.8 Å². The van der Waals surface area contributed by atoms with Crippen LogP contribution >= 0.6 is 0 Å². The van der Waals surface area contributed by atoms with Crippen molar-refractivity contribution in [1.82, 2.24) is 5.32 Å². The molecule has 11 heteroatoms. The Labute approximate surface area is 297 Å². The number of esters is 1. The Morgan fingerprint density at radius 3 is 1.82 bits per heavy atom. The molecule has 3 amide bonds. The fourth-order valence-electron chi connectivity index (χ4n) is 5.27. The lowest BCUT2D eigenvalue weighted by atomic mass is 10.0. The molecule has 0 saturated heterocycles. The van der Waals surface area contributed by atoms with Gasteiger partial charge in [0.2, 0.25) is 11.8 Å². The van der Waals surface area contributed by atoms with Gasteiger partial charge in [0.15, 0.2) is 0 Å². The second-order valence-electron chi connectivity index (χ2n) is 13.7. The quantitative estimate of drug-likeness (QED) is 0.0663. The van der Waals surface area contributed by atoms with E-state index in [9.17, 15) is 29.1 Å². The molecule has 0 aliphatic rings. The minimum absolute atomic E-state index is 0.0243. The van der Waals surface area contributed by atoms with E-state index in [1.54, 1.807) is 45.0 Å². The van der Waals surface area contributed by atoms with E-state index in [1.807, 2.05) is 6.07 Å². The summed E-state index contributed by atoms with van der Waals surface area (Å²) in [6.45, 7) is 7.17. The van der Waals surface area contributed by atoms with Crippen molar-refractivity contribution in [3.05, 3.63) is 59.7 Å². The number of benzene rings is 2. The van der Waals surface area contributed by atoms with Crippen molar-refractivity contribution in [1.29, 1.82) is 0 Å². The summed E-state index contributed by atoms with van der Waals surface area (Å²) in [6.07, 6.45) is 14.4. The molecule has 50 heavy (non-hydrogen) atoms. The summed E-state index contributed by atoms with van der Waals surface area (Å²) in [6, 6.07) is 11.5. The first kappa shape index (κ1) is 41.8. The lowest BCUT2D eigenvalue weighted by molar-refractivity contribution is -0.146. The minimum Gasteiger partial charge on any atom is -0.478 e. The molecule has 11 nitrogen and oxygen atoms in total. The minimum atomic E-state index is -1.41. The van der Waals surface area contributed by atoms with Crippen LogP contribution < -0.4 is 16.0 Å². The number of unbranched alkanes of at least 4 members (excludes halogenated alkanes) is 12. The Morgan fingerprint density at radius 1 is 0.740 bits per heavy atom. The molecule has 0 fully saturated rings. The topological polar surface area (TPSA) is 160 Å². The second-order valence-corrected chi connectivity index (χ2v) is 13.7. The number of hydrogen-bond acceptors (Lipinski definition) is 7. The molecule has 0 saturated carbocycles. The zero-order valence-electron chi connectivity index (χ0n) is 30.3. The summed E-state index contributed by atoms with van der Waals surface area (Å²) < 4.78 is 10.6. The zero-order chi connectivity index (χ0) is 36.8. The summed E-state index contributed by atoms with van der Waals surface area (Å²) in [5, 5.41) is 17.4. The summed E-state index contributed by atoms with van der Waals surface area (Å²) in [5.74, 6) is -3.08. The van der Waals surface area contributed by atoms with Gasteiger partial charge in [-0.2, -0.15) is 0 Å². The van der Waals surface area contributed by atoms with Crippen molar-refractivity contribution in [2.24, 2.45) is 0 Å². The van der Waals surface area contributed by atoms with Crippen LogP contribution in [-0.4, -0.2) is 46.6 Å². The molecule has 1 atom stereocenters. The molecule has 4 N–H and O–H groups in total. The van der Waals surface area contributed by atoms with Gasteiger partial charge in [-0.05, 0) is 51.0 Å². The van der Waals surface area contributed by atoms with Crippen molar-refractivity contribution in [2.75, 3.05) is 10.6 Å². The number of carboxylic acid groups (broad SMARTS) is 1. The lowest BCUT2D eigenvalue weighted by Crippen LogP contribution is -2.47. The van der Waals surface area contributed by atoms with Crippen LogP contribution in [0.2, 0.25) is 0 Å². The largest absolute Gasteiger partial charge is 0.478 e. The Balaban J connectivity index is 1.93. The first-order valence-electron chi connectivity index (χ1n) is 18.0. The number of carboxylic acids is 1. The molecule has 276 valence electrons. The van der Waals surface area contributed by atoms with Gasteiger partial charge >= 0.3 is 18.0 Å². The molecule has 0 aliphatic carbocycles. The third-order valence-electron chi connectivity index (χ3n) is 7.86. The van der Waals surface area contributed by atoms with Crippen LogP contribution in [-0.2, 0) is 30.5 Å². The Kier molecular flexibility index (Phi) is 19.3. The maximum Gasteiger partial charge on any atom is 0.408 e. The first-order chi connectivity index (χ1) is 23.9. The van der Waals surface area contributed by atoms with Crippen LogP contribution in [0.25, 0.3) is 0 Å². The SMILES string of the molecule is CCCCCCCCCCCCCCCC(=O)Nc1cc(NC(=O)[C@H](CC(=O)OCc2ccccc2)NC(=O)OC(C)(C)C)cc(C(=O)O)c1. The highest BCUT2D eigenvalue weighted by Crippen LogP contribution is 2.21. The molecular formula is C39H57N3O8. The van der Waals surface area contributed by atoms with Gasteiger partial charge in [0, 0.05) is 17.8 Å². The van der Waals surface area contributed by atoms with Gasteiger partial charge in [-0.1, -0.05) is 114 Å². The Hall–Kier alpha value is -4.41. The van der Waals surface area contributed by atoms with Crippen LogP contribution in [0.15, 0.2) is 48.5 Å². The van der Waals surface area contributed by atoms with E-state index in [4.69, 9.17) is 9.47 Å². The molecular weight excluding hydrogens is 638 g/mol.